The second kappa shape index (κ2) is 6.48. The number of halogens is 2. The summed E-state index contributed by atoms with van der Waals surface area (Å²) in [5.41, 5.74) is 2.95. The summed E-state index contributed by atoms with van der Waals surface area (Å²) >= 11 is 0. The Hall–Kier alpha value is -3.41. The minimum Gasteiger partial charge on any atom is -0.353 e. The fourth-order valence-corrected chi connectivity index (χ4v) is 2.91. The summed E-state index contributed by atoms with van der Waals surface area (Å²) in [4.78, 5) is 15.1. The van der Waals surface area contributed by atoms with Gasteiger partial charge in [0.2, 0.25) is 0 Å². The van der Waals surface area contributed by atoms with Crippen LogP contribution in [-0.2, 0) is 6.54 Å². The van der Waals surface area contributed by atoms with Gasteiger partial charge < -0.3 is 10.3 Å². The number of H-pyrrole nitrogens is 1. The molecular formula is C20H15F2N3O. The van der Waals surface area contributed by atoms with Crippen molar-refractivity contribution in [1.82, 2.24) is 9.55 Å². The standard InChI is InChI=1S/C20H15F2N3O/c21-14-6-8-17(16(22)10-14)23-15-7-9-19-18(11-15)24-20(26)25(19)12-13-4-2-1-3-5-13/h1-11,23H,12H2,(H,24,26). The zero-order valence-corrected chi connectivity index (χ0v) is 13.7. The monoisotopic (exact) mass is 351 g/mol. The Morgan fingerprint density at radius 1 is 0.962 bits per heavy atom. The molecule has 0 saturated carbocycles. The number of fused-ring (bicyclic) bond motifs is 1. The molecule has 0 aliphatic rings. The Morgan fingerprint density at radius 2 is 1.77 bits per heavy atom. The highest BCUT2D eigenvalue weighted by Crippen LogP contribution is 2.23. The highest BCUT2D eigenvalue weighted by atomic mass is 19.1. The number of nitrogens with zero attached hydrogens (tertiary/aromatic N) is 1. The molecule has 6 heteroatoms. The molecule has 2 N–H and O–H groups in total. The van der Waals surface area contributed by atoms with Crippen molar-refractivity contribution in [2.75, 3.05) is 5.32 Å². The second-order valence-electron chi connectivity index (χ2n) is 5.98. The summed E-state index contributed by atoms with van der Waals surface area (Å²) < 4.78 is 28.5. The van der Waals surface area contributed by atoms with E-state index in [1.165, 1.54) is 12.1 Å². The van der Waals surface area contributed by atoms with Crippen LogP contribution in [0, 0.1) is 11.6 Å². The van der Waals surface area contributed by atoms with Gasteiger partial charge in [0.1, 0.15) is 11.6 Å². The second-order valence-corrected chi connectivity index (χ2v) is 5.98. The molecule has 0 saturated heterocycles. The third-order valence-electron chi connectivity index (χ3n) is 4.17. The van der Waals surface area contributed by atoms with Gasteiger partial charge in [0.05, 0.1) is 23.3 Å². The van der Waals surface area contributed by atoms with Gasteiger partial charge in [-0.25, -0.2) is 13.6 Å². The highest BCUT2D eigenvalue weighted by molar-refractivity contribution is 5.81. The first-order valence-corrected chi connectivity index (χ1v) is 8.09. The summed E-state index contributed by atoms with van der Waals surface area (Å²) in [6, 6.07) is 18.3. The summed E-state index contributed by atoms with van der Waals surface area (Å²) in [5, 5.41) is 2.90. The van der Waals surface area contributed by atoms with Gasteiger partial charge in [-0.3, -0.25) is 4.57 Å². The van der Waals surface area contributed by atoms with Crippen LogP contribution in [-0.4, -0.2) is 9.55 Å². The van der Waals surface area contributed by atoms with Crippen molar-refractivity contribution in [2.45, 2.75) is 6.54 Å². The van der Waals surface area contributed by atoms with Crippen LogP contribution in [0.5, 0.6) is 0 Å². The van der Waals surface area contributed by atoms with Crippen molar-refractivity contribution in [3.63, 3.8) is 0 Å². The largest absolute Gasteiger partial charge is 0.353 e. The number of aromatic nitrogens is 2. The number of benzene rings is 3. The first-order valence-electron chi connectivity index (χ1n) is 8.09. The van der Waals surface area contributed by atoms with E-state index < -0.39 is 11.6 Å². The van der Waals surface area contributed by atoms with Crippen LogP contribution in [0.4, 0.5) is 20.2 Å². The van der Waals surface area contributed by atoms with E-state index in [4.69, 9.17) is 0 Å². The SMILES string of the molecule is O=c1[nH]c2cc(Nc3ccc(F)cc3F)ccc2n1Cc1ccccc1. The van der Waals surface area contributed by atoms with E-state index in [1.807, 2.05) is 30.3 Å². The minimum atomic E-state index is -0.680. The lowest BCUT2D eigenvalue weighted by Gasteiger charge is -2.08. The van der Waals surface area contributed by atoms with Crippen LogP contribution < -0.4 is 11.0 Å². The van der Waals surface area contributed by atoms with Gasteiger partial charge in [-0.1, -0.05) is 30.3 Å². The number of anilines is 2. The van der Waals surface area contributed by atoms with E-state index in [0.717, 1.165) is 17.1 Å². The highest BCUT2D eigenvalue weighted by Gasteiger charge is 2.09. The summed E-state index contributed by atoms with van der Waals surface area (Å²) in [6.45, 7) is 0.457. The number of aromatic amines is 1. The molecule has 0 spiro atoms. The van der Waals surface area contributed by atoms with Crippen molar-refractivity contribution in [2.24, 2.45) is 0 Å². The van der Waals surface area contributed by atoms with E-state index in [-0.39, 0.29) is 11.4 Å². The molecule has 0 unspecified atom stereocenters. The van der Waals surface area contributed by atoms with Crippen LogP contribution in [0.2, 0.25) is 0 Å². The average Bonchev–Trinajstić information content (AvgIpc) is 2.93. The fraction of sp³-hybridized carbons (Fsp3) is 0.0500. The maximum absolute atomic E-state index is 13.8. The van der Waals surface area contributed by atoms with Crippen molar-refractivity contribution in [3.8, 4) is 0 Å². The summed E-state index contributed by atoms with van der Waals surface area (Å²) in [7, 11) is 0. The van der Waals surface area contributed by atoms with Crippen LogP contribution in [0.15, 0.2) is 71.5 Å². The first kappa shape index (κ1) is 16.1. The van der Waals surface area contributed by atoms with Gasteiger partial charge >= 0.3 is 5.69 Å². The van der Waals surface area contributed by atoms with E-state index in [0.29, 0.717) is 17.7 Å². The Morgan fingerprint density at radius 3 is 2.54 bits per heavy atom. The lowest BCUT2D eigenvalue weighted by Crippen LogP contribution is -2.17. The van der Waals surface area contributed by atoms with Crippen LogP contribution in [0.25, 0.3) is 11.0 Å². The molecule has 4 aromatic rings. The van der Waals surface area contributed by atoms with Crippen molar-refractivity contribution >= 4 is 22.4 Å². The van der Waals surface area contributed by atoms with Gasteiger partial charge in [-0.2, -0.15) is 0 Å². The maximum Gasteiger partial charge on any atom is 0.326 e. The van der Waals surface area contributed by atoms with E-state index in [1.54, 1.807) is 22.8 Å². The van der Waals surface area contributed by atoms with Crippen molar-refractivity contribution in [3.05, 3.63) is 94.4 Å². The molecule has 0 aliphatic heterocycles. The molecule has 4 nitrogen and oxygen atoms in total. The lowest BCUT2D eigenvalue weighted by atomic mass is 10.2. The molecule has 0 amide bonds. The third kappa shape index (κ3) is 3.09. The van der Waals surface area contributed by atoms with Crippen LogP contribution in [0.3, 0.4) is 0 Å². The molecule has 3 aromatic carbocycles. The lowest BCUT2D eigenvalue weighted by molar-refractivity contribution is 0.586. The molecule has 0 aliphatic carbocycles. The minimum absolute atomic E-state index is 0.164. The Labute approximate surface area is 147 Å². The van der Waals surface area contributed by atoms with Crippen LogP contribution in [0.1, 0.15) is 5.56 Å². The van der Waals surface area contributed by atoms with Gasteiger partial charge in [0, 0.05) is 11.8 Å². The molecule has 0 fully saturated rings. The van der Waals surface area contributed by atoms with Crippen molar-refractivity contribution < 1.29 is 8.78 Å². The fourth-order valence-electron chi connectivity index (χ4n) is 2.91. The van der Waals surface area contributed by atoms with Gasteiger partial charge in [-0.15, -0.1) is 0 Å². The molecule has 0 radical (unpaired) electrons. The van der Waals surface area contributed by atoms with Crippen LogP contribution >= 0.6 is 0 Å². The molecule has 1 aromatic heterocycles. The smallest absolute Gasteiger partial charge is 0.326 e. The van der Waals surface area contributed by atoms with Gasteiger partial charge in [0.25, 0.3) is 0 Å². The average molecular weight is 351 g/mol. The predicted octanol–water partition coefficient (Wildman–Crippen LogP) is 4.40. The molecule has 0 atom stereocenters. The number of imidazole rings is 1. The van der Waals surface area contributed by atoms with E-state index in [2.05, 4.69) is 10.3 Å². The molecule has 26 heavy (non-hydrogen) atoms. The van der Waals surface area contributed by atoms with Gasteiger partial charge in [0.15, 0.2) is 0 Å². The Bertz CT molecular complexity index is 1130. The molecule has 0 bridgehead atoms. The summed E-state index contributed by atoms with van der Waals surface area (Å²) in [6.07, 6.45) is 0. The maximum atomic E-state index is 13.8. The number of rotatable bonds is 4. The Balaban J connectivity index is 1.67. The predicted molar refractivity (Wildman–Crippen MR) is 97.7 cm³/mol. The third-order valence-corrected chi connectivity index (χ3v) is 4.17. The topological polar surface area (TPSA) is 49.8 Å². The number of hydrogen-bond donors (Lipinski definition) is 2. The quantitative estimate of drug-likeness (QED) is 0.573. The number of nitrogens with one attached hydrogen (secondary N) is 2. The van der Waals surface area contributed by atoms with E-state index in [9.17, 15) is 13.6 Å². The Kier molecular flexibility index (Phi) is 4.01. The molecular weight excluding hydrogens is 336 g/mol. The first-order chi connectivity index (χ1) is 12.6. The zero-order valence-electron chi connectivity index (χ0n) is 13.7. The molecule has 130 valence electrons. The number of hydrogen-bond acceptors (Lipinski definition) is 2. The normalized spacial score (nSPS) is 11.0. The van der Waals surface area contributed by atoms with Crippen molar-refractivity contribution in [1.29, 1.82) is 0 Å². The van der Waals surface area contributed by atoms with Gasteiger partial charge in [-0.05, 0) is 35.9 Å². The molecule has 4 rings (SSSR count). The molecule has 1 heterocycles. The zero-order chi connectivity index (χ0) is 18.1. The summed E-state index contributed by atoms with van der Waals surface area (Å²) in [5.74, 6) is -1.31. The van der Waals surface area contributed by atoms with E-state index >= 15 is 0 Å².